The van der Waals surface area contributed by atoms with E-state index in [4.69, 9.17) is 0 Å². The molecule has 0 N–H and O–H groups in total. The Labute approximate surface area is 189 Å². The van der Waals surface area contributed by atoms with Gasteiger partial charge in [0.25, 0.3) is 5.91 Å². The van der Waals surface area contributed by atoms with Crippen molar-refractivity contribution in [2.75, 3.05) is 26.7 Å². The Morgan fingerprint density at radius 1 is 1.06 bits per heavy atom. The summed E-state index contributed by atoms with van der Waals surface area (Å²) in [4.78, 5) is 19.8. The van der Waals surface area contributed by atoms with Gasteiger partial charge in [-0.3, -0.25) is 14.4 Å². The third-order valence-electron chi connectivity index (χ3n) is 6.60. The van der Waals surface area contributed by atoms with Gasteiger partial charge in [0.1, 0.15) is 0 Å². The molecule has 0 radical (unpaired) electrons. The number of hydrogen-bond acceptors (Lipinski definition) is 4. The van der Waals surface area contributed by atoms with E-state index < -0.39 is 0 Å². The van der Waals surface area contributed by atoms with Crippen molar-refractivity contribution in [2.45, 2.75) is 19.9 Å². The molecule has 1 amide bonds. The lowest BCUT2D eigenvalue weighted by Gasteiger charge is -2.40. The Bertz CT molecular complexity index is 1240. The second-order valence-corrected chi connectivity index (χ2v) is 8.96. The fraction of sp³-hybridized carbons (Fsp3) is 0.308. The number of carbonyl (C=O) groups is 1. The zero-order valence-electron chi connectivity index (χ0n) is 19.1. The quantitative estimate of drug-likeness (QED) is 0.735. The monoisotopic (exact) mass is 427 g/mol. The third kappa shape index (κ3) is 3.71. The molecule has 1 atom stereocenters. The number of aromatic nitrogens is 2. The summed E-state index contributed by atoms with van der Waals surface area (Å²) in [6.07, 6.45) is 15.9. The minimum atomic E-state index is -0.0384. The molecule has 5 rings (SSSR count). The first kappa shape index (κ1) is 20.5. The molecule has 0 bridgehead atoms. The molecule has 3 aliphatic rings. The van der Waals surface area contributed by atoms with Crippen molar-refractivity contribution in [1.82, 2.24) is 24.5 Å². The second kappa shape index (κ2) is 7.95. The van der Waals surface area contributed by atoms with E-state index in [9.17, 15) is 4.79 Å². The van der Waals surface area contributed by atoms with Gasteiger partial charge in [0.2, 0.25) is 0 Å². The largest absolute Gasteiger partial charge is 0.367 e. The number of aryl methyl sites for hydroxylation is 2. The topological polar surface area (TPSA) is 44.6 Å². The van der Waals surface area contributed by atoms with E-state index in [-0.39, 0.29) is 5.91 Å². The number of benzene rings is 1. The molecule has 6 heteroatoms. The third-order valence-corrected chi connectivity index (χ3v) is 6.60. The van der Waals surface area contributed by atoms with E-state index in [1.165, 1.54) is 0 Å². The van der Waals surface area contributed by atoms with Crippen LogP contribution in [-0.4, -0.2) is 63.1 Å². The number of amides is 1. The SMILES string of the molecule is Cc1cc(C2=CC(=O)N3C=C(N4CCN(C)[C@@H](C)C4)C=C/C3=C\C=C2)cc2cn(C)nc12. The normalized spacial score (nSPS) is 23.4. The fourth-order valence-electron chi connectivity index (χ4n) is 4.57. The van der Waals surface area contributed by atoms with Crippen molar-refractivity contribution in [3.05, 3.63) is 83.5 Å². The molecule has 2 aromatic rings. The van der Waals surface area contributed by atoms with Crippen molar-refractivity contribution in [1.29, 1.82) is 0 Å². The zero-order chi connectivity index (χ0) is 22.4. The van der Waals surface area contributed by atoms with Crippen molar-refractivity contribution in [2.24, 2.45) is 7.05 Å². The molecule has 0 unspecified atom stereocenters. The van der Waals surface area contributed by atoms with E-state index in [1.807, 2.05) is 48.4 Å². The van der Waals surface area contributed by atoms with Gasteiger partial charge in [-0.2, -0.15) is 5.10 Å². The molecule has 164 valence electrons. The van der Waals surface area contributed by atoms with Gasteiger partial charge in [0.05, 0.1) is 11.2 Å². The maximum atomic E-state index is 13.3. The van der Waals surface area contributed by atoms with E-state index >= 15 is 0 Å². The maximum Gasteiger partial charge on any atom is 0.255 e. The van der Waals surface area contributed by atoms with Crippen molar-refractivity contribution in [3.8, 4) is 0 Å². The Hall–Kier alpha value is -3.38. The van der Waals surface area contributed by atoms with Gasteiger partial charge in [-0.1, -0.05) is 12.2 Å². The van der Waals surface area contributed by atoms with Gasteiger partial charge in [0, 0.05) is 62.3 Å². The van der Waals surface area contributed by atoms with Gasteiger partial charge in [-0.05, 0) is 68.0 Å². The van der Waals surface area contributed by atoms with E-state index in [0.717, 1.165) is 58.6 Å². The van der Waals surface area contributed by atoms with Crippen LogP contribution in [0, 0.1) is 6.92 Å². The predicted molar refractivity (Wildman–Crippen MR) is 128 cm³/mol. The van der Waals surface area contributed by atoms with Gasteiger partial charge in [-0.15, -0.1) is 0 Å². The van der Waals surface area contributed by atoms with E-state index in [2.05, 4.69) is 54.0 Å². The summed E-state index contributed by atoms with van der Waals surface area (Å²) in [5.41, 5.74) is 5.99. The smallest absolute Gasteiger partial charge is 0.255 e. The summed E-state index contributed by atoms with van der Waals surface area (Å²) in [7, 11) is 4.10. The molecule has 0 aliphatic carbocycles. The lowest BCUT2D eigenvalue weighted by Crippen LogP contribution is -2.49. The van der Waals surface area contributed by atoms with Crippen LogP contribution in [-0.2, 0) is 11.8 Å². The predicted octanol–water partition coefficient (Wildman–Crippen LogP) is 3.59. The number of hydrogen-bond donors (Lipinski definition) is 0. The summed E-state index contributed by atoms with van der Waals surface area (Å²) in [6.45, 7) is 7.24. The lowest BCUT2D eigenvalue weighted by atomic mass is 9.99. The molecule has 1 aromatic heterocycles. The van der Waals surface area contributed by atoms with Crippen molar-refractivity contribution >= 4 is 22.4 Å². The van der Waals surface area contributed by atoms with Crippen LogP contribution in [0.25, 0.3) is 16.5 Å². The zero-order valence-corrected chi connectivity index (χ0v) is 19.1. The molecule has 0 saturated carbocycles. The van der Waals surface area contributed by atoms with Crippen LogP contribution in [0.4, 0.5) is 0 Å². The van der Waals surface area contributed by atoms with Crippen LogP contribution in [0.15, 0.2) is 72.4 Å². The summed E-state index contributed by atoms with van der Waals surface area (Å²) in [5, 5.41) is 5.61. The number of allylic oxidation sites excluding steroid dienone is 6. The van der Waals surface area contributed by atoms with E-state index in [1.54, 1.807) is 11.0 Å². The molecule has 4 heterocycles. The minimum absolute atomic E-state index is 0.0384. The van der Waals surface area contributed by atoms with Gasteiger partial charge in [0.15, 0.2) is 0 Å². The first-order valence-electron chi connectivity index (χ1n) is 11.1. The maximum absolute atomic E-state index is 13.3. The number of piperazine rings is 1. The Kier molecular flexibility index (Phi) is 5.10. The molecule has 1 aromatic carbocycles. The van der Waals surface area contributed by atoms with E-state index in [0.29, 0.717) is 6.04 Å². The van der Waals surface area contributed by atoms with Gasteiger partial charge < -0.3 is 9.80 Å². The fourth-order valence-corrected chi connectivity index (χ4v) is 4.57. The standard InChI is InChI=1S/C26H29N5O/c1-18-12-21(13-22-16-29(4)27-26(18)22)20-6-5-7-23-8-9-24(17-31(23)25(32)14-20)30-11-10-28(3)19(2)15-30/h5-9,12-14,16-17,19H,10-11,15H2,1-4H3/b6-5?,20-14?,23-7+/t19-/m0/s1. The summed E-state index contributed by atoms with van der Waals surface area (Å²) in [5.74, 6) is -0.0384. The highest BCUT2D eigenvalue weighted by molar-refractivity contribution is 6.01. The molecular formula is C26H29N5O. The summed E-state index contributed by atoms with van der Waals surface area (Å²) < 4.78 is 1.83. The summed E-state index contributed by atoms with van der Waals surface area (Å²) in [6, 6.07) is 4.69. The van der Waals surface area contributed by atoms with Crippen molar-refractivity contribution < 1.29 is 4.79 Å². The Morgan fingerprint density at radius 3 is 2.69 bits per heavy atom. The van der Waals surface area contributed by atoms with Crippen LogP contribution < -0.4 is 0 Å². The number of fused-ring (bicyclic) bond motifs is 2. The van der Waals surface area contributed by atoms with Gasteiger partial charge in [-0.25, -0.2) is 0 Å². The average Bonchev–Trinajstić information content (AvgIpc) is 3.14. The highest BCUT2D eigenvalue weighted by Gasteiger charge is 2.25. The van der Waals surface area contributed by atoms with Crippen LogP contribution >= 0.6 is 0 Å². The van der Waals surface area contributed by atoms with Crippen LogP contribution in [0.1, 0.15) is 18.1 Å². The highest BCUT2D eigenvalue weighted by atomic mass is 16.2. The van der Waals surface area contributed by atoms with Crippen LogP contribution in [0.5, 0.6) is 0 Å². The molecule has 0 spiro atoms. The second-order valence-electron chi connectivity index (χ2n) is 8.96. The summed E-state index contributed by atoms with van der Waals surface area (Å²) >= 11 is 0. The first-order valence-corrected chi connectivity index (χ1v) is 11.1. The lowest BCUT2D eigenvalue weighted by molar-refractivity contribution is -0.122. The molecule has 3 aliphatic heterocycles. The molecule has 1 fully saturated rings. The first-order chi connectivity index (χ1) is 15.4. The number of likely N-dealkylation sites (N-methyl/N-ethyl adjacent to an activating group) is 1. The van der Waals surface area contributed by atoms with Crippen molar-refractivity contribution in [3.63, 3.8) is 0 Å². The Morgan fingerprint density at radius 2 is 1.88 bits per heavy atom. The Balaban J connectivity index is 1.48. The van der Waals surface area contributed by atoms with Gasteiger partial charge >= 0.3 is 0 Å². The van der Waals surface area contributed by atoms with Crippen LogP contribution in [0.2, 0.25) is 0 Å². The molecule has 32 heavy (non-hydrogen) atoms. The molecule has 6 nitrogen and oxygen atoms in total. The average molecular weight is 428 g/mol. The molecular weight excluding hydrogens is 398 g/mol. The number of nitrogens with zero attached hydrogens (tertiary/aromatic N) is 5. The number of rotatable bonds is 2. The number of carbonyl (C=O) groups excluding carboxylic acids is 1. The minimum Gasteiger partial charge on any atom is -0.367 e. The highest BCUT2D eigenvalue weighted by Crippen LogP contribution is 2.28. The van der Waals surface area contributed by atoms with Crippen LogP contribution in [0.3, 0.4) is 0 Å². The molecule has 1 saturated heterocycles.